The molecule has 3 fully saturated rings. The van der Waals surface area contributed by atoms with Crippen LogP contribution in [0, 0.1) is 0 Å². The lowest BCUT2D eigenvalue weighted by Crippen LogP contribution is -2.50. The minimum Gasteiger partial charge on any atom is -0.493 e. The van der Waals surface area contributed by atoms with Crippen LogP contribution in [0.25, 0.3) is 0 Å². The molecule has 6 atom stereocenters. The van der Waals surface area contributed by atoms with Crippen molar-refractivity contribution in [2.45, 2.75) is 94.6 Å². The number of halogens is 2. The number of fused-ring (bicyclic) bond motifs is 6. The van der Waals surface area contributed by atoms with E-state index in [0.717, 1.165) is 21.1 Å². The molecule has 0 spiro atoms. The lowest BCUT2D eigenvalue weighted by molar-refractivity contribution is 0.0495. The summed E-state index contributed by atoms with van der Waals surface area (Å²) in [7, 11) is 7.45. The van der Waals surface area contributed by atoms with Crippen LogP contribution in [-0.4, -0.2) is 235 Å². The van der Waals surface area contributed by atoms with Gasteiger partial charge >= 0.3 is 18.3 Å². The molecule has 33 nitrogen and oxygen atoms in total. The van der Waals surface area contributed by atoms with Gasteiger partial charge in [-0.1, -0.05) is 38.0 Å². The summed E-state index contributed by atoms with van der Waals surface area (Å²) in [6.45, 7) is 13.2. The minimum absolute atomic E-state index is 0.0181. The molecule has 0 radical (unpaired) electrons. The normalized spacial score (nSPS) is 18.7. The number of benzene rings is 3. The van der Waals surface area contributed by atoms with Crippen molar-refractivity contribution >= 4 is 98.6 Å². The fourth-order valence-corrected chi connectivity index (χ4v) is 13.9. The Hall–Kier alpha value is -10.8. The fraction of sp³-hybridized carbons (Fsp3) is 0.432. The average molecular weight is 1560 g/mol. The highest BCUT2D eigenvalue weighted by atomic mass is 35.5. The Morgan fingerprint density at radius 1 is 0.477 bits per heavy atom. The Kier molecular flexibility index (Phi) is 28.5. The molecule has 11 rings (SSSR count). The van der Waals surface area contributed by atoms with E-state index in [1.807, 2.05) is 0 Å². The zero-order valence-electron chi connectivity index (χ0n) is 60.9. The van der Waals surface area contributed by atoms with Gasteiger partial charge < -0.3 is 98.2 Å². The first-order valence-corrected chi connectivity index (χ1v) is 35.9. The van der Waals surface area contributed by atoms with Gasteiger partial charge in [-0.2, -0.15) is 0 Å². The van der Waals surface area contributed by atoms with Crippen LogP contribution in [0.1, 0.15) is 131 Å². The highest BCUT2D eigenvalue weighted by Crippen LogP contribution is 2.45. The number of hydrogen-bond acceptors (Lipinski definition) is 23. The van der Waals surface area contributed by atoms with E-state index in [2.05, 4.69) is 30.4 Å². The molecule has 8 amide bonds. The van der Waals surface area contributed by atoms with Crippen LogP contribution in [0.15, 0.2) is 98.6 Å². The van der Waals surface area contributed by atoms with Gasteiger partial charge in [0.25, 0.3) is 40.0 Å². The quantitative estimate of drug-likeness (QED) is 0.0135. The van der Waals surface area contributed by atoms with Crippen molar-refractivity contribution in [2.75, 3.05) is 115 Å². The Balaban J connectivity index is 0.000000271. The van der Waals surface area contributed by atoms with Crippen molar-refractivity contribution in [2.24, 2.45) is 19.8 Å². The molecule has 5 aromatic rings. The third-order valence-corrected chi connectivity index (χ3v) is 19.2. The van der Waals surface area contributed by atoms with Crippen LogP contribution in [0.4, 0.5) is 31.4 Å². The predicted octanol–water partition coefficient (Wildman–Crippen LogP) is 6.84. The number of methoxy groups -OCH3 is 3. The molecule has 3 aromatic carbocycles. The Morgan fingerprint density at radius 3 is 1.05 bits per heavy atom. The Bertz CT molecular complexity index is 4070. The molecule has 0 aliphatic carbocycles. The maximum Gasteiger partial charge on any atom is 0.416 e. The monoisotopic (exact) mass is 1550 g/mol. The second kappa shape index (κ2) is 37.8. The fourth-order valence-electron chi connectivity index (χ4n) is 13.5. The van der Waals surface area contributed by atoms with E-state index in [4.69, 9.17) is 71.6 Å². The third kappa shape index (κ3) is 18.2. The van der Waals surface area contributed by atoms with E-state index < -0.39 is 77.4 Å². The molecular formula is C74H89Cl2N11O22. The average Bonchev–Trinajstić information content (AvgIpc) is 1.64. The summed E-state index contributed by atoms with van der Waals surface area (Å²) in [6.07, 6.45) is 2.75. The molecule has 35 heteroatoms. The van der Waals surface area contributed by atoms with Crippen LogP contribution in [0.2, 0.25) is 0 Å². The largest absolute Gasteiger partial charge is 0.493 e. The van der Waals surface area contributed by atoms with Gasteiger partial charge in [0.05, 0.1) is 93.0 Å². The number of nitrogens with one attached hydrogen (secondary N) is 2. The number of nitrogens with two attached hydrogens (primary N) is 1. The van der Waals surface area contributed by atoms with Crippen LogP contribution in [0.5, 0.6) is 34.5 Å². The smallest absolute Gasteiger partial charge is 0.416 e. The molecular weight excluding hydrogens is 1470 g/mol. The number of carbonyl (C=O) groups is 10. The van der Waals surface area contributed by atoms with Gasteiger partial charge in [0, 0.05) is 65.0 Å². The zero-order valence-corrected chi connectivity index (χ0v) is 62.5. The van der Waals surface area contributed by atoms with Crippen LogP contribution in [0.3, 0.4) is 0 Å². The summed E-state index contributed by atoms with van der Waals surface area (Å²) in [6, 6.07) is 13.1. The van der Waals surface area contributed by atoms with Crippen molar-refractivity contribution in [1.82, 2.24) is 34.5 Å². The first-order valence-electron chi connectivity index (χ1n) is 35.1. The van der Waals surface area contributed by atoms with Crippen molar-refractivity contribution in [3.63, 3.8) is 0 Å². The van der Waals surface area contributed by atoms with E-state index in [9.17, 15) is 63.3 Å². The summed E-state index contributed by atoms with van der Waals surface area (Å²) in [5.41, 5.74) is 7.45. The highest BCUT2D eigenvalue weighted by molar-refractivity contribution is 6.68. The number of aromatic nitrogens is 2. The van der Waals surface area contributed by atoms with Gasteiger partial charge in [0.2, 0.25) is 0 Å². The number of aliphatic hydroxyl groups is 3. The van der Waals surface area contributed by atoms with Crippen molar-refractivity contribution in [3.8, 4) is 34.5 Å². The number of aliphatic hydroxyl groups excluding tert-OH is 3. The van der Waals surface area contributed by atoms with Crippen molar-refractivity contribution < 1.29 is 106 Å². The van der Waals surface area contributed by atoms with Gasteiger partial charge in [-0.3, -0.25) is 33.6 Å². The summed E-state index contributed by atoms with van der Waals surface area (Å²) >= 11 is 10.4. The van der Waals surface area contributed by atoms with Crippen molar-refractivity contribution in [3.05, 3.63) is 138 Å². The molecule has 6 aliphatic rings. The predicted molar refractivity (Wildman–Crippen MR) is 396 cm³/mol. The molecule has 0 unspecified atom stereocenters. The lowest BCUT2D eigenvalue weighted by atomic mass is 10.1. The molecule has 586 valence electrons. The summed E-state index contributed by atoms with van der Waals surface area (Å²) in [5, 5.41) is 38.1. The highest BCUT2D eigenvalue weighted by Gasteiger charge is 2.49. The second-order valence-corrected chi connectivity index (χ2v) is 26.1. The molecule has 7 N–H and O–H groups in total. The number of rotatable bonds is 27. The Labute approximate surface area is 638 Å². The first-order chi connectivity index (χ1) is 52.4. The topological polar surface area (TPSA) is 394 Å². The molecule has 8 heterocycles. The third-order valence-electron chi connectivity index (χ3n) is 18.8. The number of anilines is 3. The van der Waals surface area contributed by atoms with Gasteiger partial charge in [-0.15, -0.1) is 0 Å². The van der Waals surface area contributed by atoms with Gasteiger partial charge in [-0.25, -0.2) is 29.1 Å². The van der Waals surface area contributed by atoms with Crippen LogP contribution in [-0.2, 0) is 28.3 Å². The number of hydrogen-bond donors (Lipinski definition) is 6. The first kappa shape index (κ1) is 82.2. The van der Waals surface area contributed by atoms with E-state index in [0.29, 0.717) is 95.7 Å². The molecule has 0 bridgehead atoms. The van der Waals surface area contributed by atoms with Gasteiger partial charge in [0.1, 0.15) is 42.6 Å². The minimum atomic E-state index is -1.37. The van der Waals surface area contributed by atoms with Crippen LogP contribution >= 0.6 is 23.2 Å². The van der Waals surface area contributed by atoms with Gasteiger partial charge in [-0.05, 0) is 130 Å². The molecule has 109 heavy (non-hydrogen) atoms. The lowest BCUT2D eigenvalue weighted by Gasteiger charge is -2.31. The number of amides is 8. The van der Waals surface area contributed by atoms with E-state index in [1.165, 1.54) is 109 Å². The van der Waals surface area contributed by atoms with E-state index >= 15 is 0 Å². The Morgan fingerprint density at radius 2 is 0.771 bits per heavy atom. The summed E-state index contributed by atoms with van der Waals surface area (Å²) in [4.78, 5) is 135. The summed E-state index contributed by atoms with van der Waals surface area (Å²) < 4.78 is 52.9. The molecule has 3 saturated heterocycles. The number of nitrogens with zero attached hydrogens (tertiary/aromatic N) is 8. The molecule has 0 saturated carbocycles. The van der Waals surface area contributed by atoms with E-state index in [-0.39, 0.29) is 143 Å². The number of ether oxygens (including phenoxy) is 9. The number of carbonyl (C=O) groups excluding carboxylic acids is 10. The standard InChI is InChI=1S/C47H57N7O14.C20H27N3O6.C7H5Cl2NO2/c1-6-20-67-46(61)53-34-26-38(36(63-4)24-28(34)42(57)51-18-8-12-32(51)44(53)59)65-22-10-16-48-40(55)30-14-15-31(50(30)3)41(56)49-17-11-23-66-39-27-35-29(25-37(39)64-5)43(58)52-19-9-13-33(52)45(60)54(35)47(62)68-21-7-2;1-3-9-29-20(26)23-15-12-17(28-10-5-7-21)16(27-2)11-13(15)18(24)22-8-4-6-14(22)19(23)25;1-10-4(6(8)11)2-3-5(10)7(9)12/h6-7,14-15,24-27,32-33,44-45,59-60H,1-2,8-13,16-23H2,3-5H3,(H,48,55)(H,49,56);3,11-12,14,19,25H,1,4-10,21H2,2H3;2-3H,1H3/t32-,33-,44-,45-;14-,19-;/m00./s1. The van der Waals surface area contributed by atoms with Gasteiger partial charge in [0.15, 0.2) is 53.2 Å². The van der Waals surface area contributed by atoms with E-state index in [1.54, 1.807) is 28.8 Å². The maximum absolute atomic E-state index is 13.6. The SMILES string of the molecule is C=CCOC(=O)N1c2cc(OCCCN)c(OC)cc2C(=O)N2CCC[C@H]2[C@@H]1O.C=CCOC(=O)N1c2cc(OCCCNC(=O)c3ccc(C(=O)NCCCOc4cc5c(cc4OC)C(=O)N4CCC[C@H]4[C@H](O)N5C(=O)OCC=C)n3C)c(OC)cc2C(=O)N2CCC[C@H]2[C@@H]1O.Cn1c(C(=O)Cl)ccc1C(=O)Cl. The maximum atomic E-state index is 13.6. The zero-order chi connectivity index (χ0) is 78.9. The van der Waals surface area contributed by atoms with Crippen molar-refractivity contribution in [1.29, 1.82) is 0 Å². The second-order valence-electron chi connectivity index (χ2n) is 25.4. The molecule has 2 aromatic heterocycles. The van der Waals surface area contributed by atoms with Crippen LogP contribution < -0.4 is 59.5 Å². The summed E-state index contributed by atoms with van der Waals surface area (Å²) in [5.74, 6) is -0.265. The molecule has 6 aliphatic heterocycles.